The number of ether oxygens (including phenoxy) is 1. The number of guanidine groups is 1. The predicted octanol–water partition coefficient (Wildman–Crippen LogP) is 3.97. The van der Waals surface area contributed by atoms with Gasteiger partial charge in [-0.1, -0.05) is 18.2 Å². The number of halogens is 3. The molecule has 2 N–H and O–H groups in total. The lowest BCUT2D eigenvalue weighted by atomic mass is 10.1. The summed E-state index contributed by atoms with van der Waals surface area (Å²) in [6.45, 7) is 8.93. The molecule has 2 heterocycles. The van der Waals surface area contributed by atoms with E-state index in [0.29, 0.717) is 24.6 Å². The van der Waals surface area contributed by atoms with E-state index in [1.165, 1.54) is 6.07 Å². The molecular formula is C23H30F3N5O. The minimum Gasteiger partial charge on any atom is -0.372 e. The molecule has 1 aliphatic rings. The summed E-state index contributed by atoms with van der Waals surface area (Å²) in [4.78, 5) is 11.3. The quantitative estimate of drug-likeness (QED) is 0.516. The SMILES string of the molecule is CCNC(=NCc1ccc(N2CC(C)OC(C)C2)nc1)NCc1cccc(C(F)(F)F)c1. The smallest absolute Gasteiger partial charge is 0.372 e. The molecule has 1 aromatic heterocycles. The van der Waals surface area contributed by atoms with Crippen molar-refractivity contribution in [1.82, 2.24) is 15.6 Å². The summed E-state index contributed by atoms with van der Waals surface area (Å²) in [7, 11) is 0. The molecule has 9 heteroatoms. The van der Waals surface area contributed by atoms with Crippen LogP contribution >= 0.6 is 0 Å². The maximum Gasteiger partial charge on any atom is 0.416 e. The molecule has 0 amide bonds. The van der Waals surface area contributed by atoms with Crippen LogP contribution < -0.4 is 15.5 Å². The summed E-state index contributed by atoms with van der Waals surface area (Å²) < 4.78 is 44.5. The molecule has 1 saturated heterocycles. The van der Waals surface area contributed by atoms with Gasteiger partial charge in [-0.25, -0.2) is 9.98 Å². The predicted molar refractivity (Wildman–Crippen MR) is 120 cm³/mol. The van der Waals surface area contributed by atoms with Crippen molar-refractivity contribution in [2.75, 3.05) is 24.5 Å². The fourth-order valence-corrected chi connectivity index (χ4v) is 3.62. The van der Waals surface area contributed by atoms with Gasteiger partial charge in [-0.3, -0.25) is 0 Å². The molecule has 2 unspecified atom stereocenters. The lowest BCUT2D eigenvalue weighted by molar-refractivity contribution is -0.137. The monoisotopic (exact) mass is 449 g/mol. The first-order chi connectivity index (χ1) is 15.2. The zero-order chi connectivity index (χ0) is 23.1. The van der Waals surface area contributed by atoms with Gasteiger partial charge in [0.1, 0.15) is 5.82 Å². The number of alkyl halides is 3. The first-order valence-corrected chi connectivity index (χ1v) is 10.8. The first kappa shape index (κ1) is 23.8. The summed E-state index contributed by atoms with van der Waals surface area (Å²) in [6, 6.07) is 9.25. The lowest BCUT2D eigenvalue weighted by Crippen LogP contribution is -2.45. The number of hydrogen-bond donors (Lipinski definition) is 2. The van der Waals surface area contributed by atoms with Crippen molar-refractivity contribution >= 4 is 11.8 Å². The number of aliphatic imine (C=N–C) groups is 1. The molecular weight excluding hydrogens is 419 g/mol. The zero-order valence-corrected chi connectivity index (χ0v) is 18.6. The van der Waals surface area contributed by atoms with Gasteiger partial charge in [-0.2, -0.15) is 13.2 Å². The van der Waals surface area contributed by atoms with Gasteiger partial charge in [0, 0.05) is 32.4 Å². The van der Waals surface area contributed by atoms with Crippen LogP contribution in [0.15, 0.2) is 47.6 Å². The molecule has 0 saturated carbocycles. The Morgan fingerprint density at radius 3 is 2.50 bits per heavy atom. The number of pyridine rings is 1. The molecule has 3 rings (SSSR count). The van der Waals surface area contributed by atoms with Crippen LogP contribution in [0.2, 0.25) is 0 Å². The van der Waals surface area contributed by atoms with Gasteiger partial charge in [-0.15, -0.1) is 0 Å². The number of morpholine rings is 1. The second-order valence-electron chi connectivity index (χ2n) is 7.93. The molecule has 32 heavy (non-hydrogen) atoms. The number of benzene rings is 1. The van der Waals surface area contributed by atoms with E-state index in [1.54, 1.807) is 12.3 Å². The summed E-state index contributed by atoms with van der Waals surface area (Å²) in [5.41, 5.74) is 0.818. The Morgan fingerprint density at radius 2 is 1.88 bits per heavy atom. The van der Waals surface area contributed by atoms with Crippen molar-refractivity contribution in [3.63, 3.8) is 0 Å². The number of aromatic nitrogens is 1. The molecule has 0 aliphatic carbocycles. The Bertz CT molecular complexity index is 891. The summed E-state index contributed by atoms with van der Waals surface area (Å²) in [6.07, 6.45) is -2.23. The summed E-state index contributed by atoms with van der Waals surface area (Å²) >= 11 is 0. The maximum absolute atomic E-state index is 12.9. The Balaban J connectivity index is 1.60. The van der Waals surface area contributed by atoms with E-state index in [2.05, 4.69) is 39.4 Å². The van der Waals surface area contributed by atoms with E-state index < -0.39 is 11.7 Å². The minimum absolute atomic E-state index is 0.162. The average Bonchev–Trinajstić information content (AvgIpc) is 2.75. The molecule has 6 nitrogen and oxygen atoms in total. The Labute approximate surface area is 186 Å². The molecule has 1 aromatic carbocycles. The molecule has 1 aliphatic heterocycles. The van der Waals surface area contributed by atoms with Crippen molar-refractivity contribution < 1.29 is 17.9 Å². The molecule has 1 fully saturated rings. The van der Waals surface area contributed by atoms with Gasteiger partial charge >= 0.3 is 6.18 Å². The number of nitrogens with zero attached hydrogens (tertiary/aromatic N) is 3. The van der Waals surface area contributed by atoms with E-state index in [-0.39, 0.29) is 18.8 Å². The van der Waals surface area contributed by atoms with E-state index in [9.17, 15) is 13.2 Å². The first-order valence-electron chi connectivity index (χ1n) is 10.8. The normalized spacial score (nSPS) is 19.7. The second kappa shape index (κ2) is 10.7. The largest absolute Gasteiger partial charge is 0.416 e. The van der Waals surface area contributed by atoms with Gasteiger partial charge in [0.05, 0.1) is 24.3 Å². The molecule has 2 atom stereocenters. The van der Waals surface area contributed by atoms with Crippen LogP contribution in [0.3, 0.4) is 0 Å². The second-order valence-corrected chi connectivity index (χ2v) is 7.93. The van der Waals surface area contributed by atoms with Crippen LogP contribution in [0.5, 0.6) is 0 Å². The highest BCUT2D eigenvalue weighted by atomic mass is 19.4. The highest BCUT2D eigenvalue weighted by Crippen LogP contribution is 2.29. The van der Waals surface area contributed by atoms with Crippen LogP contribution in [0.4, 0.5) is 19.0 Å². The lowest BCUT2D eigenvalue weighted by Gasteiger charge is -2.36. The van der Waals surface area contributed by atoms with E-state index in [1.807, 2.05) is 19.1 Å². The maximum atomic E-state index is 12.9. The van der Waals surface area contributed by atoms with Crippen molar-refractivity contribution in [3.8, 4) is 0 Å². The third kappa shape index (κ3) is 6.85. The molecule has 174 valence electrons. The fraction of sp³-hybridized carbons (Fsp3) is 0.478. The Morgan fingerprint density at radius 1 is 1.12 bits per heavy atom. The van der Waals surface area contributed by atoms with E-state index in [4.69, 9.17) is 4.74 Å². The average molecular weight is 450 g/mol. The van der Waals surface area contributed by atoms with Crippen molar-refractivity contribution in [2.24, 2.45) is 4.99 Å². The highest BCUT2D eigenvalue weighted by Gasteiger charge is 2.30. The van der Waals surface area contributed by atoms with Gasteiger partial charge in [-0.05, 0) is 50.1 Å². The van der Waals surface area contributed by atoms with Crippen LogP contribution in [0, 0.1) is 0 Å². The van der Waals surface area contributed by atoms with Crippen LogP contribution in [0.25, 0.3) is 0 Å². The summed E-state index contributed by atoms with van der Waals surface area (Å²) in [5.74, 6) is 1.44. The van der Waals surface area contributed by atoms with Crippen LogP contribution in [-0.2, 0) is 24.0 Å². The van der Waals surface area contributed by atoms with Gasteiger partial charge in [0.25, 0.3) is 0 Å². The van der Waals surface area contributed by atoms with Gasteiger partial charge in [0.2, 0.25) is 0 Å². The minimum atomic E-state index is -4.36. The molecule has 2 aromatic rings. The van der Waals surface area contributed by atoms with Gasteiger partial charge in [0.15, 0.2) is 5.96 Å². The van der Waals surface area contributed by atoms with E-state index >= 15 is 0 Å². The number of anilines is 1. The highest BCUT2D eigenvalue weighted by molar-refractivity contribution is 5.79. The summed E-state index contributed by atoms with van der Waals surface area (Å²) in [5, 5.41) is 6.20. The third-order valence-electron chi connectivity index (χ3n) is 5.03. The Kier molecular flexibility index (Phi) is 7.95. The fourth-order valence-electron chi connectivity index (χ4n) is 3.62. The molecule has 0 spiro atoms. The standard InChI is InChI=1S/C23H30F3N5O/c1-4-27-22(29-11-18-6-5-7-20(10-18)23(24,25)26)30-13-19-8-9-21(28-12-19)31-14-16(2)32-17(3)15-31/h5-10,12,16-17H,4,11,13-15H2,1-3H3,(H2,27,29,30). The van der Waals surface area contributed by atoms with E-state index in [0.717, 1.165) is 36.6 Å². The molecule has 0 radical (unpaired) electrons. The van der Waals surface area contributed by atoms with Crippen LogP contribution in [-0.4, -0.2) is 42.8 Å². The van der Waals surface area contributed by atoms with Gasteiger partial charge < -0.3 is 20.3 Å². The number of rotatable bonds is 6. The van der Waals surface area contributed by atoms with Crippen molar-refractivity contribution in [3.05, 3.63) is 59.3 Å². The number of hydrogen-bond acceptors (Lipinski definition) is 4. The third-order valence-corrected chi connectivity index (χ3v) is 5.03. The zero-order valence-electron chi connectivity index (χ0n) is 18.6. The van der Waals surface area contributed by atoms with Crippen molar-refractivity contribution in [2.45, 2.75) is 52.2 Å². The van der Waals surface area contributed by atoms with Crippen LogP contribution in [0.1, 0.15) is 37.5 Å². The topological polar surface area (TPSA) is 61.8 Å². The molecule has 0 bridgehead atoms. The number of nitrogens with one attached hydrogen (secondary N) is 2. The van der Waals surface area contributed by atoms with Crippen molar-refractivity contribution in [1.29, 1.82) is 0 Å². The Hall–Kier alpha value is -2.81.